The highest BCUT2D eigenvalue weighted by Gasteiger charge is 2.13. The van der Waals surface area contributed by atoms with Crippen molar-refractivity contribution in [2.75, 3.05) is 11.9 Å². The molecule has 0 heterocycles. The van der Waals surface area contributed by atoms with E-state index in [9.17, 15) is 9.18 Å². The first-order valence-electron chi connectivity index (χ1n) is 4.74. The fourth-order valence-corrected chi connectivity index (χ4v) is 1.12. The smallest absolute Gasteiger partial charge is 0.322 e. The van der Waals surface area contributed by atoms with Crippen LogP contribution < -0.4 is 10.2 Å². The molecule has 5 heteroatoms. The zero-order valence-corrected chi connectivity index (χ0v) is 9.07. The normalized spacial score (nSPS) is 11.4. The van der Waals surface area contributed by atoms with Crippen LogP contribution >= 0.6 is 0 Å². The van der Waals surface area contributed by atoms with Gasteiger partial charge in [-0.1, -0.05) is 6.07 Å². The summed E-state index contributed by atoms with van der Waals surface area (Å²) in [5, 5.41) is 11.0. The van der Waals surface area contributed by atoms with Crippen molar-refractivity contribution in [2.45, 2.75) is 13.0 Å². The summed E-state index contributed by atoms with van der Waals surface area (Å²) >= 11 is 0. The number of carbonyl (C=O) groups is 1. The standard InChI is InChI=1S/C11H12FN3O/c1-8(7-13)14-11(16)15(2)10-5-3-4-9(12)6-10/h3-6,8H,1-2H3,(H,14,16)/t8-/m0/s1. The summed E-state index contributed by atoms with van der Waals surface area (Å²) in [4.78, 5) is 12.8. The van der Waals surface area contributed by atoms with Crippen molar-refractivity contribution >= 4 is 11.7 Å². The van der Waals surface area contributed by atoms with E-state index in [0.717, 1.165) is 0 Å². The number of carbonyl (C=O) groups excluding carboxylic acids is 1. The quantitative estimate of drug-likeness (QED) is 0.829. The minimum absolute atomic E-state index is 0.412. The van der Waals surface area contributed by atoms with Gasteiger partial charge in [-0.3, -0.25) is 4.90 Å². The van der Waals surface area contributed by atoms with E-state index in [1.54, 1.807) is 13.0 Å². The van der Waals surface area contributed by atoms with Gasteiger partial charge < -0.3 is 5.32 Å². The number of hydrogen-bond acceptors (Lipinski definition) is 2. The second-order valence-corrected chi connectivity index (χ2v) is 3.34. The number of hydrogen-bond donors (Lipinski definition) is 1. The number of nitrogens with one attached hydrogen (secondary N) is 1. The van der Waals surface area contributed by atoms with E-state index in [0.29, 0.717) is 5.69 Å². The van der Waals surface area contributed by atoms with E-state index in [-0.39, 0.29) is 0 Å². The van der Waals surface area contributed by atoms with Gasteiger partial charge in [0.05, 0.1) is 6.07 Å². The van der Waals surface area contributed by atoms with Crippen molar-refractivity contribution in [3.63, 3.8) is 0 Å². The number of anilines is 1. The van der Waals surface area contributed by atoms with Crippen molar-refractivity contribution in [3.8, 4) is 6.07 Å². The largest absolute Gasteiger partial charge is 0.322 e. The summed E-state index contributed by atoms with van der Waals surface area (Å²) in [5.41, 5.74) is 0.433. The fourth-order valence-electron chi connectivity index (χ4n) is 1.12. The lowest BCUT2D eigenvalue weighted by molar-refractivity contribution is 0.246. The van der Waals surface area contributed by atoms with Crippen molar-refractivity contribution in [3.05, 3.63) is 30.1 Å². The Morgan fingerprint density at radius 3 is 2.88 bits per heavy atom. The Labute approximate surface area is 93.3 Å². The molecule has 0 saturated heterocycles. The van der Waals surface area contributed by atoms with Crippen LogP contribution in [0.1, 0.15) is 6.92 Å². The molecule has 0 spiro atoms. The highest BCUT2D eigenvalue weighted by atomic mass is 19.1. The Morgan fingerprint density at radius 1 is 1.62 bits per heavy atom. The average molecular weight is 221 g/mol. The van der Waals surface area contributed by atoms with Gasteiger partial charge >= 0.3 is 6.03 Å². The van der Waals surface area contributed by atoms with Crippen LogP contribution in [0.4, 0.5) is 14.9 Å². The lowest BCUT2D eigenvalue weighted by Gasteiger charge is -2.18. The maximum Gasteiger partial charge on any atom is 0.322 e. The van der Waals surface area contributed by atoms with Gasteiger partial charge in [0.2, 0.25) is 0 Å². The van der Waals surface area contributed by atoms with Crippen LogP contribution in [0.15, 0.2) is 24.3 Å². The molecule has 1 aromatic carbocycles. The van der Waals surface area contributed by atoms with Gasteiger partial charge in [0, 0.05) is 12.7 Å². The molecule has 0 aliphatic carbocycles. The third-order valence-corrected chi connectivity index (χ3v) is 2.03. The molecular formula is C11H12FN3O. The van der Waals surface area contributed by atoms with Crippen LogP contribution in [0.25, 0.3) is 0 Å². The van der Waals surface area contributed by atoms with E-state index >= 15 is 0 Å². The molecule has 1 atom stereocenters. The molecule has 4 nitrogen and oxygen atoms in total. The van der Waals surface area contributed by atoms with Crippen LogP contribution in [0, 0.1) is 17.1 Å². The predicted octanol–water partition coefficient (Wildman–Crippen LogP) is 1.88. The average Bonchev–Trinajstić information content (AvgIpc) is 2.27. The first-order valence-corrected chi connectivity index (χ1v) is 4.74. The number of urea groups is 1. The van der Waals surface area contributed by atoms with E-state index in [4.69, 9.17) is 5.26 Å². The van der Waals surface area contributed by atoms with Crippen LogP contribution in [0.5, 0.6) is 0 Å². The SMILES string of the molecule is C[C@@H](C#N)NC(=O)N(C)c1cccc(F)c1. The molecule has 84 valence electrons. The molecule has 0 bridgehead atoms. The van der Waals surface area contributed by atoms with Gasteiger partial charge in [-0.05, 0) is 25.1 Å². The molecule has 1 aromatic rings. The predicted molar refractivity (Wildman–Crippen MR) is 58.4 cm³/mol. The molecule has 0 aromatic heterocycles. The number of rotatable bonds is 2. The van der Waals surface area contributed by atoms with Crippen molar-refractivity contribution < 1.29 is 9.18 Å². The fraction of sp³-hybridized carbons (Fsp3) is 0.273. The highest BCUT2D eigenvalue weighted by molar-refractivity contribution is 5.91. The third kappa shape index (κ3) is 2.95. The van der Waals surface area contributed by atoms with Crippen LogP contribution in [0.3, 0.4) is 0 Å². The summed E-state index contributed by atoms with van der Waals surface area (Å²) in [6, 6.07) is 6.53. The lowest BCUT2D eigenvalue weighted by atomic mass is 10.3. The molecular weight excluding hydrogens is 209 g/mol. The molecule has 0 saturated carbocycles. The Balaban J connectivity index is 2.75. The minimum Gasteiger partial charge on any atom is -0.322 e. The van der Waals surface area contributed by atoms with Crippen LogP contribution in [0.2, 0.25) is 0 Å². The van der Waals surface area contributed by atoms with Gasteiger partial charge in [0.25, 0.3) is 0 Å². The summed E-state index contributed by atoms with van der Waals surface area (Å²) in [5.74, 6) is -0.412. The molecule has 0 fully saturated rings. The summed E-state index contributed by atoms with van der Waals surface area (Å²) in [6.45, 7) is 1.57. The van der Waals surface area contributed by atoms with E-state index in [1.807, 2.05) is 6.07 Å². The molecule has 0 radical (unpaired) electrons. The zero-order valence-electron chi connectivity index (χ0n) is 9.07. The Kier molecular flexibility index (Phi) is 3.84. The zero-order chi connectivity index (χ0) is 12.1. The summed E-state index contributed by atoms with van der Waals surface area (Å²) in [6.07, 6.45) is 0. The first kappa shape index (κ1) is 12.0. The van der Waals surface area contributed by atoms with E-state index in [2.05, 4.69) is 5.32 Å². The maximum atomic E-state index is 12.9. The van der Waals surface area contributed by atoms with Gasteiger partial charge in [-0.2, -0.15) is 5.26 Å². The van der Waals surface area contributed by atoms with Crippen molar-refractivity contribution in [1.29, 1.82) is 5.26 Å². The summed E-state index contributed by atoms with van der Waals surface area (Å²) in [7, 11) is 1.51. The van der Waals surface area contributed by atoms with Gasteiger partial charge in [0.1, 0.15) is 11.9 Å². The van der Waals surface area contributed by atoms with Crippen molar-refractivity contribution in [2.24, 2.45) is 0 Å². The van der Waals surface area contributed by atoms with Crippen LogP contribution in [-0.4, -0.2) is 19.1 Å². The number of amides is 2. The van der Waals surface area contributed by atoms with Gasteiger partial charge in [-0.15, -0.1) is 0 Å². The molecule has 0 aliphatic heterocycles. The number of nitriles is 1. The van der Waals surface area contributed by atoms with Gasteiger partial charge in [0.15, 0.2) is 0 Å². The Morgan fingerprint density at radius 2 is 2.31 bits per heavy atom. The molecule has 0 unspecified atom stereocenters. The molecule has 1 N–H and O–H groups in total. The lowest BCUT2D eigenvalue weighted by Crippen LogP contribution is -2.41. The minimum atomic E-state index is -0.580. The first-order chi connectivity index (χ1) is 7.54. The monoisotopic (exact) mass is 221 g/mol. The molecule has 2 amide bonds. The molecule has 1 rings (SSSR count). The topological polar surface area (TPSA) is 56.1 Å². The Hall–Kier alpha value is -2.09. The van der Waals surface area contributed by atoms with E-state index in [1.165, 1.54) is 30.1 Å². The van der Waals surface area contributed by atoms with Gasteiger partial charge in [-0.25, -0.2) is 9.18 Å². The van der Waals surface area contributed by atoms with Crippen LogP contribution in [-0.2, 0) is 0 Å². The Bertz CT molecular complexity index is 427. The number of benzene rings is 1. The number of nitrogens with zero attached hydrogens (tertiary/aromatic N) is 2. The summed E-state index contributed by atoms with van der Waals surface area (Å²) < 4.78 is 12.9. The highest BCUT2D eigenvalue weighted by Crippen LogP contribution is 2.13. The second-order valence-electron chi connectivity index (χ2n) is 3.34. The second kappa shape index (κ2) is 5.12. The molecule has 0 aliphatic rings. The third-order valence-electron chi connectivity index (χ3n) is 2.03. The van der Waals surface area contributed by atoms with Crippen molar-refractivity contribution in [1.82, 2.24) is 5.32 Å². The molecule has 16 heavy (non-hydrogen) atoms. The number of halogens is 1. The maximum absolute atomic E-state index is 12.9. The van der Waals surface area contributed by atoms with E-state index < -0.39 is 17.9 Å².